The van der Waals surface area contributed by atoms with Crippen molar-refractivity contribution in [3.8, 4) is 11.1 Å². The van der Waals surface area contributed by atoms with Crippen LogP contribution in [0.25, 0.3) is 11.1 Å². The highest BCUT2D eigenvalue weighted by Gasteiger charge is 2.35. The Morgan fingerprint density at radius 1 is 0.903 bits per heavy atom. The van der Waals surface area contributed by atoms with Gasteiger partial charge in [-0.05, 0) is 66.8 Å². The van der Waals surface area contributed by atoms with Crippen molar-refractivity contribution in [2.45, 2.75) is 31.3 Å². The van der Waals surface area contributed by atoms with Gasteiger partial charge in [0.15, 0.2) is 5.78 Å². The number of aliphatic hydroxyl groups is 1. The molecule has 3 aromatic rings. The number of ketones is 1. The van der Waals surface area contributed by atoms with Gasteiger partial charge in [-0.25, -0.2) is 4.39 Å². The summed E-state index contributed by atoms with van der Waals surface area (Å²) in [7, 11) is 0. The molecule has 0 radical (unpaired) electrons. The topological polar surface area (TPSA) is 40.5 Å². The van der Waals surface area contributed by atoms with Crippen LogP contribution in [0.2, 0.25) is 0 Å². The van der Waals surface area contributed by atoms with Gasteiger partial charge in [0.05, 0.1) is 5.60 Å². The number of hydrogen-bond donors (Lipinski definition) is 1. The molecule has 31 heavy (non-hydrogen) atoms. The molecule has 4 rings (SSSR count). The van der Waals surface area contributed by atoms with Gasteiger partial charge < -0.3 is 10.0 Å². The van der Waals surface area contributed by atoms with Crippen LogP contribution in [0.1, 0.15) is 41.6 Å². The third-order valence-electron chi connectivity index (χ3n) is 6.24. The Bertz CT molecular complexity index is 1010. The smallest absolute Gasteiger partial charge is 0.162 e. The van der Waals surface area contributed by atoms with Crippen molar-refractivity contribution >= 4 is 5.78 Å². The Morgan fingerprint density at radius 3 is 2.26 bits per heavy atom. The van der Waals surface area contributed by atoms with Gasteiger partial charge in [-0.3, -0.25) is 4.79 Å². The maximum absolute atomic E-state index is 13.0. The van der Waals surface area contributed by atoms with Crippen LogP contribution in [0.5, 0.6) is 0 Å². The predicted octanol–water partition coefficient (Wildman–Crippen LogP) is 5.44. The van der Waals surface area contributed by atoms with E-state index in [2.05, 4.69) is 23.1 Å². The summed E-state index contributed by atoms with van der Waals surface area (Å²) in [5.41, 5.74) is 2.92. The molecular formula is C27H28FNO2. The molecule has 0 aromatic heterocycles. The molecule has 0 atom stereocenters. The maximum atomic E-state index is 13.0. The van der Waals surface area contributed by atoms with E-state index in [4.69, 9.17) is 0 Å². The zero-order valence-electron chi connectivity index (χ0n) is 17.6. The summed E-state index contributed by atoms with van der Waals surface area (Å²) in [5.74, 6) is -0.281. The van der Waals surface area contributed by atoms with Gasteiger partial charge in [-0.2, -0.15) is 0 Å². The molecule has 3 nitrogen and oxygen atoms in total. The summed E-state index contributed by atoms with van der Waals surface area (Å²) in [4.78, 5) is 14.6. The van der Waals surface area contributed by atoms with Crippen LogP contribution < -0.4 is 0 Å². The lowest BCUT2D eigenvalue weighted by molar-refractivity contribution is -0.0255. The van der Waals surface area contributed by atoms with Crippen molar-refractivity contribution in [1.29, 1.82) is 0 Å². The minimum absolute atomic E-state index is 0.0466. The molecular weight excluding hydrogens is 389 g/mol. The van der Waals surface area contributed by atoms with Crippen LogP contribution in [0, 0.1) is 5.82 Å². The van der Waals surface area contributed by atoms with Gasteiger partial charge in [-0.15, -0.1) is 0 Å². The average Bonchev–Trinajstić information content (AvgIpc) is 2.81. The maximum Gasteiger partial charge on any atom is 0.162 e. The van der Waals surface area contributed by atoms with E-state index in [9.17, 15) is 14.3 Å². The Morgan fingerprint density at radius 2 is 1.55 bits per heavy atom. The summed E-state index contributed by atoms with van der Waals surface area (Å²) in [6, 6.07) is 24.1. The predicted molar refractivity (Wildman–Crippen MR) is 121 cm³/mol. The molecule has 1 aliphatic heterocycles. The van der Waals surface area contributed by atoms with Crippen molar-refractivity contribution in [3.63, 3.8) is 0 Å². The van der Waals surface area contributed by atoms with Crippen molar-refractivity contribution in [3.05, 3.63) is 95.8 Å². The zero-order valence-corrected chi connectivity index (χ0v) is 17.6. The van der Waals surface area contributed by atoms with E-state index in [1.807, 2.05) is 36.4 Å². The van der Waals surface area contributed by atoms with E-state index in [0.29, 0.717) is 24.8 Å². The lowest BCUT2D eigenvalue weighted by atomic mass is 9.80. The minimum atomic E-state index is -0.840. The Kier molecular flexibility index (Phi) is 6.59. The number of halogens is 1. The van der Waals surface area contributed by atoms with Gasteiger partial charge in [0, 0.05) is 25.1 Å². The minimum Gasteiger partial charge on any atom is -0.385 e. The second-order valence-electron chi connectivity index (χ2n) is 8.32. The van der Waals surface area contributed by atoms with Gasteiger partial charge in [0.25, 0.3) is 0 Å². The van der Waals surface area contributed by atoms with Gasteiger partial charge >= 0.3 is 0 Å². The number of benzene rings is 3. The molecule has 0 bridgehead atoms. The van der Waals surface area contributed by atoms with Crippen LogP contribution in [0.4, 0.5) is 4.39 Å². The summed E-state index contributed by atoms with van der Waals surface area (Å²) >= 11 is 0. The van der Waals surface area contributed by atoms with E-state index in [1.165, 1.54) is 12.1 Å². The normalized spacial score (nSPS) is 16.2. The van der Waals surface area contributed by atoms with Crippen LogP contribution in [-0.4, -0.2) is 35.4 Å². The molecule has 0 amide bonds. The first-order chi connectivity index (χ1) is 15.0. The van der Waals surface area contributed by atoms with Gasteiger partial charge in [-0.1, -0.05) is 54.6 Å². The molecule has 1 aliphatic rings. The van der Waals surface area contributed by atoms with E-state index < -0.39 is 5.60 Å². The molecule has 4 heteroatoms. The van der Waals surface area contributed by atoms with Crippen molar-refractivity contribution in [1.82, 2.24) is 4.90 Å². The average molecular weight is 418 g/mol. The highest BCUT2D eigenvalue weighted by molar-refractivity contribution is 5.95. The van der Waals surface area contributed by atoms with Gasteiger partial charge in [0.1, 0.15) is 5.82 Å². The number of hydrogen-bond acceptors (Lipinski definition) is 3. The first-order valence-corrected chi connectivity index (χ1v) is 10.9. The van der Waals surface area contributed by atoms with Crippen molar-refractivity contribution in [2.75, 3.05) is 19.6 Å². The highest BCUT2D eigenvalue weighted by atomic mass is 19.1. The zero-order chi connectivity index (χ0) is 21.7. The molecule has 1 heterocycles. The number of likely N-dealkylation sites (tertiary alicyclic amines) is 1. The first kappa shape index (κ1) is 21.4. The largest absolute Gasteiger partial charge is 0.385 e. The SMILES string of the molecule is O=C(CCCN1CCC(O)(c2ccccc2-c2ccccc2)CC1)c1ccc(F)cc1. The fourth-order valence-electron chi connectivity index (χ4n) is 4.42. The van der Waals surface area contributed by atoms with E-state index in [-0.39, 0.29) is 11.6 Å². The molecule has 0 saturated carbocycles. The number of rotatable bonds is 7. The summed E-state index contributed by atoms with van der Waals surface area (Å²) in [6.45, 7) is 2.41. The quantitative estimate of drug-likeness (QED) is 0.521. The van der Waals surface area contributed by atoms with Crippen LogP contribution in [-0.2, 0) is 5.60 Å². The molecule has 0 unspecified atom stereocenters. The second-order valence-corrected chi connectivity index (χ2v) is 8.32. The summed E-state index contributed by atoms with van der Waals surface area (Å²) in [5, 5.41) is 11.5. The van der Waals surface area contributed by atoms with Gasteiger partial charge in [0.2, 0.25) is 0 Å². The van der Waals surface area contributed by atoms with Crippen LogP contribution >= 0.6 is 0 Å². The number of Topliss-reactive ketones (excluding diaryl/α,β-unsaturated/α-hetero) is 1. The monoisotopic (exact) mass is 417 g/mol. The fraction of sp³-hybridized carbons (Fsp3) is 0.296. The van der Waals surface area contributed by atoms with Crippen molar-refractivity contribution in [2.24, 2.45) is 0 Å². The molecule has 0 spiro atoms. The van der Waals surface area contributed by atoms with Crippen molar-refractivity contribution < 1.29 is 14.3 Å². The van der Waals surface area contributed by atoms with Crippen LogP contribution in [0.3, 0.4) is 0 Å². The molecule has 1 saturated heterocycles. The summed E-state index contributed by atoms with van der Waals surface area (Å²) < 4.78 is 13.0. The number of carbonyl (C=O) groups excluding carboxylic acids is 1. The van der Waals surface area contributed by atoms with E-state index in [0.717, 1.165) is 42.7 Å². The lowest BCUT2D eigenvalue weighted by Crippen LogP contribution is -2.43. The Labute approximate surface area is 183 Å². The third kappa shape index (κ3) is 5.09. The Hall–Kier alpha value is -2.82. The van der Waals surface area contributed by atoms with E-state index in [1.54, 1.807) is 12.1 Å². The Balaban J connectivity index is 1.33. The molecule has 3 aromatic carbocycles. The molecule has 0 aliphatic carbocycles. The number of piperidine rings is 1. The fourth-order valence-corrected chi connectivity index (χ4v) is 4.42. The highest BCUT2D eigenvalue weighted by Crippen LogP contribution is 2.38. The standard InChI is InChI=1S/C27H28FNO2/c28-23-14-12-22(13-15-23)26(30)11-6-18-29-19-16-27(31,17-20-29)25-10-5-4-9-24(25)21-7-2-1-3-8-21/h1-5,7-10,12-15,31H,6,11,16-20H2. The lowest BCUT2D eigenvalue weighted by Gasteiger charge is -2.39. The first-order valence-electron chi connectivity index (χ1n) is 10.9. The number of carbonyl (C=O) groups is 1. The molecule has 1 fully saturated rings. The summed E-state index contributed by atoms with van der Waals surface area (Å²) in [6.07, 6.45) is 2.55. The third-order valence-corrected chi connectivity index (χ3v) is 6.24. The van der Waals surface area contributed by atoms with Crippen LogP contribution in [0.15, 0.2) is 78.9 Å². The molecule has 1 N–H and O–H groups in total. The molecule has 160 valence electrons. The second kappa shape index (κ2) is 9.54. The number of nitrogens with zero attached hydrogens (tertiary/aromatic N) is 1. The van der Waals surface area contributed by atoms with E-state index >= 15 is 0 Å².